The number of carboxylic acid groups (broad SMARTS) is 1. The maximum atomic E-state index is 13.6. The van der Waals surface area contributed by atoms with Gasteiger partial charge in [0.2, 0.25) is 5.91 Å². The number of nitrogens with one attached hydrogen (secondary N) is 2. The fourth-order valence-electron chi connectivity index (χ4n) is 4.81. The van der Waals surface area contributed by atoms with Gasteiger partial charge < -0.3 is 15.7 Å². The standard InChI is InChI=1S/C32H31F3N2O4S/c33-32(34,35)42-27-8-4-7-26(20-27)37-31(41)28(24-15-13-23(14-16-24)22-5-2-1-3-6-22)19-21-9-11-25(12-10-21)30(40)36-18-17-29(38)39/h4-5,7-16,20,28H,1-3,6,17-19H2,(H,36,40)(H,37,41)(H,38,39). The summed E-state index contributed by atoms with van der Waals surface area (Å²) in [6, 6.07) is 20.1. The zero-order valence-corrected chi connectivity index (χ0v) is 23.6. The summed E-state index contributed by atoms with van der Waals surface area (Å²) in [5.41, 5.74) is 0.0882. The number of benzene rings is 3. The van der Waals surface area contributed by atoms with Crippen LogP contribution in [-0.4, -0.2) is 34.9 Å². The highest BCUT2D eigenvalue weighted by atomic mass is 32.2. The van der Waals surface area contributed by atoms with Crippen molar-refractivity contribution >= 4 is 40.8 Å². The van der Waals surface area contributed by atoms with Crippen LogP contribution in [0.5, 0.6) is 0 Å². The fraction of sp³-hybridized carbons (Fsp3) is 0.281. The normalized spacial score (nSPS) is 14.0. The zero-order chi connectivity index (χ0) is 30.1. The second-order valence-corrected chi connectivity index (χ2v) is 11.2. The molecule has 0 bridgehead atoms. The Morgan fingerprint density at radius 2 is 1.69 bits per heavy atom. The molecule has 1 aliphatic carbocycles. The third kappa shape index (κ3) is 9.24. The van der Waals surface area contributed by atoms with Crippen molar-refractivity contribution in [3.63, 3.8) is 0 Å². The second kappa shape index (κ2) is 14.2. The lowest BCUT2D eigenvalue weighted by atomic mass is 9.88. The van der Waals surface area contributed by atoms with Crippen LogP contribution in [0.4, 0.5) is 18.9 Å². The quantitative estimate of drug-likeness (QED) is 0.200. The van der Waals surface area contributed by atoms with Gasteiger partial charge in [0.1, 0.15) is 0 Å². The highest BCUT2D eigenvalue weighted by Crippen LogP contribution is 2.38. The first kappa shape index (κ1) is 30.9. The van der Waals surface area contributed by atoms with E-state index in [2.05, 4.69) is 16.7 Å². The van der Waals surface area contributed by atoms with E-state index in [0.29, 0.717) is 5.56 Å². The topological polar surface area (TPSA) is 95.5 Å². The highest BCUT2D eigenvalue weighted by molar-refractivity contribution is 8.00. The number of carbonyl (C=O) groups excluding carboxylic acids is 2. The second-order valence-electron chi connectivity index (χ2n) is 10.0. The Bertz CT molecular complexity index is 1440. The van der Waals surface area contributed by atoms with Gasteiger partial charge in [0.05, 0.1) is 12.3 Å². The van der Waals surface area contributed by atoms with E-state index in [1.165, 1.54) is 30.2 Å². The molecule has 3 aromatic rings. The van der Waals surface area contributed by atoms with Crippen molar-refractivity contribution in [3.8, 4) is 0 Å². The number of halogens is 3. The summed E-state index contributed by atoms with van der Waals surface area (Å²) in [7, 11) is 0. The van der Waals surface area contributed by atoms with Crippen molar-refractivity contribution in [2.45, 2.75) is 54.8 Å². The van der Waals surface area contributed by atoms with Crippen LogP contribution in [0, 0.1) is 0 Å². The predicted molar refractivity (Wildman–Crippen MR) is 157 cm³/mol. The smallest absolute Gasteiger partial charge is 0.446 e. The molecule has 0 fully saturated rings. The Morgan fingerprint density at radius 3 is 2.33 bits per heavy atom. The van der Waals surface area contributed by atoms with Crippen LogP contribution in [-0.2, 0) is 16.0 Å². The zero-order valence-electron chi connectivity index (χ0n) is 22.7. The van der Waals surface area contributed by atoms with Gasteiger partial charge in [-0.05, 0) is 96.5 Å². The van der Waals surface area contributed by atoms with Crippen molar-refractivity contribution < 1.29 is 32.7 Å². The van der Waals surface area contributed by atoms with Crippen LogP contribution >= 0.6 is 11.8 Å². The van der Waals surface area contributed by atoms with Gasteiger partial charge >= 0.3 is 11.5 Å². The first-order valence-electron chi connectivity index (χ1n) is 13.6. The SMILES string of the molecule is O=C(O)CCNC(=O)c1ccc(CC(C(=O)Nc2cccc(SC(F)(F)F)c2)c2ccc(C3=CCCCC3)cc2)cc1. The van der Waals surface area contributed by atoms with E-state index in [9.17, 15) is 27.6 Å². The Kier molecular flexibility index (Phi) is 10.5. The number of anilines is 1. The molecule has 6 nitrogen and oxygen atoms in total. The number of amides is 2. The molecule has 220 valence electrons. The van der Waals surface area contributed by atoms with E-state index in [0.717, 1.165) is 36.0 Å². The van der Waals surface area contributed by atoms with Crippen molar-refractivity contribution in [3.05, 3.63) is 101 Å². The van der Waals surface area contributed by atoms with Gasteiger partial charge in [-0.1, -0.05) is 48.5 Å². The number of rotatable bonds is 11. The summed E-state index contributed by atoms with van der Waals surface area (Å²) < 4.78 is 38.7. The third-order valence-electron chi connectivity index (χ3n) is 6.91. The summed E-state index contributed by atoms with van der Waals surface area (Å²) in [4.78, 5) is 36.6. The first-order valence-corrected chi connectivity index (χ1v) is 14.4. The van der Waals surface area contributed by atoms with E-state index in [-0.39, 0.29) is 47.6 Å². The van der Waals surface area contributed by atoms with Gasteiger partial charge in [-0.25, -0.2) is 0 Å². The molecule has 1 atom stereocenters. The molecule has 0 spiro atoms. The summed E-state index contributed by atoms with van der Waals surface area (Å²) >= 11 is -0.244. The molecule has 0 heterocycles. The summed E-state index contributed by atoms with van der Waals surface area (Å²) in [6.45, 7) is 0.00768. The molecule has 2 amide bonds. The van der Waals surface area contributed by atoms with E-state index >= 15 is 0 Å². The molecule has 3 aromatic carbocycles. The predicted octanol–water partition coefficient (Wildman–Crippen LogP) is 7.43. The lowest BCUT2D eigenvalue weighted by Crippen LogP contribution is -2.26. The molecular weight excluding hydrogens is 565 g/mol. The van der Waals surface area contributed by atoms with Crippen molar-refractivity contribution in [1.82, 2.24) is 5.32 Å². The molecule has 0 aromatic heterocycles. The minimum atomic E-state index is -4.44. The molecular formula is C32H31F3N2O4S. The fourth-order valence-corrected chi connectivity index (χ4v) is 5.40. The molecule has 10 heteroatoms. The molecule has 4 rings (SSSR count). The molecule has 0 saturated heterocycles. The van der Waals surface area contributed by atoms with E-state index in [1.807, 2.05) is 24.3 Å². The minimum Gasteiger partial charge on any atom is -0.481 e. The molecule has 42 heavy (non-hydrogen) atoms. The van der Waals surface area contributed by atoms with Crippen LogP contribution < -0.4 is 10.6 Å². The number of carboxylic acids is 1. The lowest BCUT2D eigenvalue weighted by Gasteiger charge is -2.19. The number of allylic oxidation sites excluding steroid dienone is 2. The molecule has 1 unspecified atom stereocenters. The van der Waals surface area contributed by atoms with Gasteiger partial charge in [0.25, 0.3) is 5.91 Å². The van der Waals surface area contributed by atoms with E-state index in [4.69, 9.17) is 5.11 Å². The third-order valence-corrected chi connectivity index (χ3v) is 7.63. The van der Waals surface area contributed by atoms with Crippen LogP contribution in [0.2, 0.25) is 0 Å². The molecule has 3 N–H and O–H groups in total. The first-order chi connectivity index (χ1) is 20.1. The van der Waals surface area contributed by atoms with E-state index < -0.39 is 23.3 Å². The Labute approximate surface area is 246 Å². The van der Waals surface area contributed by atoms with Gasteiger partial charge in [0, 0.05) is 22.7 Å². The largest absolute Gasteiger partial charge is 0.481 e. The maximum Gasteiger partial charge on any atom is 0.446 e. The Hall–Kier alpha value is -4.05. The van der Waals surface area contributed by atoms with Crippen molar-refractivity contribution in [1.29, 1.82) is 0 Å². The number of carbonyl (C=O) groups is 3. The molecule has 1 aliphatic rings. The summed E-state index contributed by atoms with van der Waals surface area (Å²) in [5, 5.41) is 14.1. The van der Waals surface area contributed by atoms with E-state index in [1.54, 1.807) is 30.3 Å². The Morgan fingerprint density at radius 1 is 0.952 bits per heavy atom. The van der Waals surface area contributed by atoms with Crippen LogP contribution in [0.3, 0.4) is 0 Å². The average molecular weight is 597 g/mol. The van der Waals surface area contributed by atoms with Gasteiger partial charge in [-0.2, -0.15) is 13.2 Å². The Balaban J connectivity index is 1.54. The number of aliphatic carboxylic acids is 1. The van der Waals surface area contributed by atoms with Crippen molar-refractivity contribution in [2.75, 3.05) is 11.9 Å². The molecule has 0 radical (unpaired) electrons. The summed E-state index contributed by atoms with van der Waals surface area (Å²) in [6.07, 6.45) is 6.70. The van der Waals surface area contributed by atoms with Crippen LogP contribution in [0.15, 0.2) is 83.8 Å². The average Bonchev–Trinajstić information content (AvgIpc) is 2.96. The number of thioether (sulfide) groups is 1. The van der Waals surface area contributed by atoms with Crippen molar-refractivity contribution in [2.24, 2.45) is 0 Å². The number of hydrogen-bond acceptors (Lipinski definition) is 4. The highest BCUT2D eigenvalue weighted by Gasteiger charge is 2.29. The molecule has 0 saturated carbocycles. The van der Waals surface area contributed by atoms with Gasteiger partial charge in [-0.15, -0.1) is 0 Å². The monoisotopic (exact) mass is 596 g/mol. The van der Waals surface area contributed by atoms with Gasteiger partial charge in [-0.3, -0.25) is 14.4 Å². The maximum absolute atomic E-state index is 13.6. The number of hydrogen-bond donors (Lipinski definition) is 3. The molecule has 0 aliphatic heterocycles. The lowest BCUT2D eigenvalue weighted by molar-refractivity contribution is -0.136. The summed E-state index contributed by atoms with van der Waals surface area (Å²) in [5.74, 6) is -2.44. The van der Waals surface area contributed by atoms with Gasteiger partial charge in [0.15, 0.2) is 0 Å². The minimum absolute atomic E-state index is 0.00768. The van der Waals surface area contributed by atoms with Crippen LogP contribution in [0.1, 0.15) is 65.1 Å². The van der Waals surface area contributed by atoms with Crippen LogP contribution in [0.25, 0.3) is 5.57 Å². The number of alkyl halides is 3.